The zero-order valence-electron chi connectivity index (χ0n) is 14.5. The SMILES string of the molecule is CC(C)(CO)C(CNC(=O)c1ccn2cncc2c1)c1ccccc1. The molecular weight excluding hydrogens is 314 g/mol. The first-order valence-corrected chi connectivity index (χ1v) is 8.37. The van der Waals surface area contributed by atoms with E-state index in [1.807, 2.05) is 60.8 Å². The lowest BCUT2D eigenvalue weighted by Gasteiger charge is -2.33. The first kappa shape index (κ1) is 17.2. The fourth-order valence-electron chi connectivity index (χ4n) is 3.00. The van der Waals surface area contributed by atoms with Gasteiger partial charge in [0.25, 0.3) is 5.91 Å². The van der Waals surface area contributed by atoms with Crippen molar-refractivity contribution < 1.29 is 9.90 Å². The van der Waals surface area contributed by atoms with Gasteiger partial charge in [-0.3, -0.25) is 4.79 Å². The fraction of sp³-hybridized carbons (Fsp3) is 0.300. The molecule has 0 saturated carbocycles. The van der Waals surface area contributed by atoms with Gasteiger partial charge in [0.15, 0.2) is 0 Å². The Morgan fingerprint density at radius 2 is 2.04 bits per heavy atom. The molecule has 0 aliphatic rings. The van der Waals surface area contributed by atoms with Gasteiger partial charge in [-0.2, -0.15) is 0 Å². The Morgan fingerprint density at radius 3 is 2.76 bits per heavy atom. The molecule has 0 bridgehead atoms. The van der Waals surface area contributed by atoms with E-state index in [-0.39, 0.29) is 23.8 Å². The summed E-state index contributed by atoms with van der Waals surface area (Å²) < 4.78 is 1.86. The summed E-state index contributed by atoms with van der Waals surface area (Å²) in [6.07, 6.45) is 5.24. The molecule has 0 aliphatic carbocycles. The summed E-state index contributed by atoms with van der Waals surface area (Å²) in [7, 11) is 0. The van der Waals surface area contributed by atoms with E-state index in [0.29, 0.717) is 12.1 Å². The monoisotopic (exact) mass is 337 g/mol. The molecule has 1 unspecified atom stereocenters. The Balaban J connectivity index is 1.77. The summed E-state index contributed by atoms with van der Waals surface area (Å²) in [6.45, 7) is 4.52. The zero-order valence-corrected chi connectivity index (χ0v) is 14.5. The molecule has 3 rings (SSSR count). The number of nitrogens with zero attached hydrogens (tertiary/aromatic N) is 2. The van der Waals surface area contributed by atoms with Crippen molar-refractivity contribution in [3.63, 3.8) is 0 Å². The lowest BCUT2D eigenvalue weighted by atomic mass is 9.75. The molecule has 2 N–H and O–H groups in total. The standard InChI is InChI=1S/C20H23N3O2/c1-20(2,13-24)18(15-6-4-3-5-7-15)12-22-19(25)16-8-9-23-14-21-11-17(23)10-16/h3-11,14,18,24H,12-13H2,1-2H3,(H,22,25). The predicted molar refractivity (Wildman–Crippen MR) is 97.6 cm³/mol. The van der Waals surface area contributed by atoms with Crippen molar-refractivity contribution in [3.05, 3.63) is 72.3 Å². The van der Waals surface area contributed by atoms with Crippen molar-refractivity contribution in [1.29, 1.82) is 0 Å². The predicted octanol–water partition coefficient (Wildman–Crippen LogP) is 2.87. The van der Waals surface area contributed by atoms with Gasteiger partial charge in [0.2, 0.25) is 0 Å². The van der Waals surface area contributed by atoms with Crippen molar-refractivity contribution >= 4 is 11.4 Å². The van der Waals surface area contributed by atoms with Crippen LogP contribution in [0.3, 0.4) is 0 Å². The van der Waals surface area contributed by atoms with Gasteiger partial charge >= 0.3 is 0 Å². The first-order chi connectivity index (χ1) is 12.0. The van der Waals surface area contributed by atoms with Crippen LogP contribution >= 0.6 is 0 Å². The molecule has 2 heterocycles. The number of hydrogen-bond acceptors (Lipinski definition) is 3. The third-order valence-corrected chi connectivity index (χ3v) is 4.70. The minimum Gasteiger partial charge on any atom is -0.396 e. The summed E-state index contributed by atoms with van der Waals surface area (Å²) in [5, 5.41) is 12.8. The number of benzene rings is 1. The number of fused-ring (bicyclic) bond motifs is 1. The molecule has 1 atom stereocenters. The van der Waals surface area contributed by atoms with Crippen molar-refractivity contribution in [2.45, 2.75) is 19.8 Å². The Labute approximate surface area is 147 Å². The van der Waals surface area contributed by atoms with Crippen molar-refractivity contribution in [2.24, 2.45) is 5.41 Å². The normalized spacial score (nSPS) is 12.9. The summed E-state index contributed by atoms with van der Waals surface area (Å²) in [5.74, 6) is -0.111. The molecule has 1 aromatic carbocycles. The van der Waals surface area contributed by atoms with E-state index in [9.17, 15) is 9.90 Å². The molecule has 5 heteroatoms. The zero-order chi connectivity index (χ0) is 17.9. The average Bonchev–Trinajstić information content (AvgIpc) is 3.10. The van der Waals surface area contributed by atoms with Crippen LogP contribution in [-0.2, 0) is 0 Å². The minimum atomic E-state index is -0.343. The van der Waals surface area contributed by atoms with Gasteiger partial charge < -0.3 is 14.8 Å². The third kappa shape index (κ3) is 3.72. The number of imidazole rings is 1. The highest BCUT2D eigenvalue weighted by molar-refractivity contribution is 5.95. The van der Waals surface area contributed by atoms with Crippen LogP contribution in [0.2, 0.25) is 0 Å². The maximum absolute atomic E-state index is 12.6. The summed E-state index contributed by atoms with van der Waals surface area (Å²) in [4.78, 5) is 16.6. The Bertz CT molecular complexity index is 856. The molecule has 0 aliphatic heterocycles. The van der Waals surface area contributed by atoms with Gasteiger partial charge in [0.1, 0.15) is 0 Å². The second-order valence-corrected chi connectivity index (χ2v) is 6.96. The molecule has 3 aromatic rings. The fourth-order valence-corrected chi connectivity index (χ4v) is 3.00. The van der Waals surface area contributed by atoms with E-state index in [0.717, 1.165) is 11.1 Å². The Kier molecular flexibility index (Phi) is 4.86. The van der Waals surface area contributed by atoms with Crippen LogP contribution in [-0.4, -0.2) is 33.6 Å². The molecule has 0 spiro atoms. The highest BCUT2D eigenvalue weighted by atomic mass is 16.3. The quantitative estimate of drug-likeness (QED) is 0.727. The van der Waals surface area contributed by atoms with Gasteiger partial charge in [-0.25, -0.2) is 4.98 Å². The van der Waals surface area contributed by atoms with Crippen molar-refractivity contribution in [3.8, 4) is 0 Å². The molecule has 0 radical (unpaired) electrons. The molecule has 130 valence electrons. The molecule has 0 fully saturated rings. The number of aliphatic hydroxyl groups excluding tert-OH is 1. The molecular formula is C20H23N3O2. The number of carbonyl (C=O) groups is 1. The number of hydrogen-bond donors (Lipinski definition) is 2. The van der Waals surface area contributed by atoms with Crippen LogP contribution in [0.1, 0.15) is 35.7 Å². The maximum atomic E-state index is 12.6. The number of nitrogens with one attached hydrogen (secondary N) is 1. The van der Waals surface area contributed by atoms with Crippen LogP contribution in [0.4, 0.5) is 0 Å². The van der Waals surface area contributed by atoms with Gasteiger partial charge in [-0.05, 0) is 23.1 Å². The highest BCUT2D eigenvalue weighted by Crippen LogP contribution is 2.34. The molecule has 5 nitrogen and oxygen atoms in total. The Hall–Kier alpha value is -2.66. The summed E-state index contributed by atoms with van der Waals surface area (Å²) >= 11 is 0. The smallest absolute Gasteiger partial charge is 0.251 e. The van der Waals surface area contributed by atoms with Crippen molar-refractivity contribution in [2.75, 3.05) is 13.2 Å². The number of aromatic nitrogens is 2. The number of pyridine rings is 1. The first-order valence-electron chi connectivity index (χ1n) is 8.37. The molecule has 2 aromatic heterocycles. The maximum Gasteiger partial charge on any atom is 0.251 e. The third-order valence-electron chi connectivity index (χ3n) is 4.70. The van der Waals surface area contributed by atoms with Gasteiger partial charge in [-0.15, -0.1) is 0 Å². The van der Waals surface area contributed by atoms with Crippen LogP contribution < -0.4 is 5.32 Å². The highest BCUT2D eigenvalue weighted by Gasteiger charge is 2.30. The number of amides is 1. The number of rotatable bonds is 6. The van der Waals surface area contributed by atoms with E-state index in [1.165, 1.54) is 0 Å². The van der Waals surface area contributed by atoms with Gasteiger partial charge in [0.05, 0.1) is 18.0 Å². The molecule has 0 saturated heterocycles. The summed E-state index contributed by atoms with van der Waals surface area (Å²) in [5.41, 5.74) is 2.24. The second kappa shape index (κ2) is 7.07. The van der Waals surface area contributed by atoms with Crippen LogP contribution in [0.25, 0.3) is 5.52 Å². The largest absolute Gasteiger partial charge is 0.396 e. The van der Waals surface area contributed by atoms with Gasteiger partial charge in [-0.1, -0.05) is 44.2 Å². The van der Waals surface area contributed by atoms with Crippen molar-refractivity contribution in [1.82, 2.24) is 14.7 Å². The molecule has 1 amide bonds. The van der Waals surface area contributed by atoms with Crippen LogP contribution in [0.15, 0.2) is 61.2 Å². The second-order valence-electron chi connectivity index (χ2n) is 6.96. The molecule has 25 heavy (non-hydrogen) atoms. The Morgan fingerprint density at radius 1 is 1.28 bits per heavy atom. The van der Waals surface area contributed by atoms with Crippen LogP contribution in [0, 0.1) is 5.41 Å². The topological polar surface area (TPSA) is 66.6 Å². The average molecular weight is 337 g/mol. The van der Waals surface area contributed by atoms with E-state index < -0.39 is 0 Å². The van der Waals surface area contributed by atoms with E-state index >= 15 is 0 Å². The van der Waals surface area contributed by atoms with Crippen LogP contribution in [0.5, 0.6) is 0 Å². The minimum absolute atomic E-state index is 0.0151. The number of aliphatic hydroxyl groups is 1. The number of carbonyl (C=O) groups excluding carboxylic acids is 1. The lowest BCUT2D eigenvalue weighted by Crippen LogP contribution is -2.36. The van der Waals surface area contributed by atoms with E-state index in [4.69, 9.17) is 0 Å². The van der Waals surface area contributed by atoms with E-state index in [2.05, 4.69) is 10.3 Å². The van der Waals surface area contributed by atoms with Gasteiger partial charge in [0, 0.05) is 30.8 Å². The lowest BCUT2D eigenvalue weighted by molar-refractivity contribution is 0.0920. The summed E-state index contributed by atoms with van der Waals surface area (Å²) in [6, 6.07) is 13.6. The van der Waals surface area contributed by atoms with E-state index in [1.54, 1.807) is 18.6 Å².